The Morgan fingerprint density at radius 2 is 2.20 bits per heavy atom. The van der Waals surface area contributed by atoms with E-state index in [4.69, 9.17) is 5.73 Å². The molecule has 0 spiro atoms. The fourth-order valence-corrected chi connectivity index (χ4v) is 1.47. The van der Waals surface area contributed by atoms with Crippen LogP contribution in [0.3, 0.4) is 0 Å². The van der Waals surface area contributed by atoms with Crippen molar-refractivity contribution in [2.45, 2.75) is 19.5 Å². The molecule has 0 amide bonds. The predicted octanol–water partition coefficient (Wildman–Crippen LogP) is 0.741. The quantitative estimate of drug-likeness (QED) is 0.798. The van der Waals surface area contributed by atoms with E-state index in [9.17, 15) is 0 Å². The number of aromatic nitrogens is 4. The SMILES string of the molecule is CCn1ccnc1C(N)c1cnccn1. The van der Waals surface area contributed by atoms with E-state index in [0.717, 1.165) is 18.1 Å². The van der Waals surface area contributed by atoms with Crippen LogP contribution < -0.4 is 5.73 Å². The second-order valence-corrected chi connectivity index (χ2v) is 3.18. The Labute approximate surface area is 88.0 Å². The molecule has 0 fully saturated rings. The number of nitrogens with two attached hydrogens (primary N) is 1. The number of imidazole rings is 1. The third-order valence-corrected chi connectivity index (χ3v) is 2.27. The summed E-state index contributed by atoms with van der Waals surface area (Å²) < 4.78 is 2.00. The lowest BCUT2D eigenvalue weighted by atomic mass is 10.2. The van der Waals surface area contributed by atoms with E-state index in [1.165, 1.54) is 0 Å². The molecule has 0 aromatic carbocycles. The topological polar surface area (TPSA) is 69.6 Å². The molecule has 1 unspecified atom stereocenters. The van der Waals surface area contributed by atoms with Gasteiger partial charge in [-0.05, 0) is 6.92 Å². The van der Waals surface area contributed by atoms with Crippen molar-refractivity contribution in [1.29, 1.82) is 0 Å². The number of nitrogens with zero attached hydrogens (tertiary/aromatic N) is 4. The van der Waals surface area contributed by atoms with Crippen LogP contribution in [-0.4, -0.2) is 19.5 Å². The summed E-state index contributed by atoms with van der Waals surface area (Å²) >= 11 is 0. The molecule has 15 heavy (non-hydrogen) atoms. The summed E-state index contributed by atoms with van der Waals surface area (Å²) in [5, 5.41) is 0. The minimum atomic E-state index is -0.311. The molecule has 0 aliphatic carbocycles. The number of hydrogen-bond donors (Lipinski definition) is 1. The first kappa shape index (κ1) is 9.79. The maximum Gasteiger partial charge on any atom is 0.131 e. The molecule has 0 aliphatic rings. The van der Waals surface area contributed by atoms with Gasteiger partial charge in [-0.3, -0.25) is 9.97 Å². The van der Waals surface area contributed by atoms with Gasteiger partial charge in [0.15, 0.2) is 0 Å². The molecule has 2 N–H and O–H groups in total. The summed E-state index contributed by atoms with van der Waals surface area (Å²) in [7, 11) is 0. The first-order chi connectivity index (χ1) is 7.33. The van der Waals surface area contributed by atoms with Gasteiger partial charge in [-0.1, -0.05) is 0 Å². The van der Waals surface area contributed by atoms with Crippen molar-refractivity contribution < 1.29 is 0 Å². The molecule has 0 saturated carbocycles. The Bertz CT molecular complexity index is 422. The van der Waals surface area contributed by atoms with Crippen molar-refractivity contribution in [1.82, 2.24) is 19.5 Å². The normalized spacial score (nSPS) is 12.7. The van der Waals surface area contributed by atoms with E-state index in [1.54, 1.807) is 24.8 Å². The lowest BCUT2D eigenvalue weighted by Gasteiger charge is -2.11. The van der Waals surface area contributed by atoms with Crippen LogP contribution in [0.1, 0.15) is 24.5 Å². The van der Waals surface area contributed by atoms with Gasteiger partial charge in [-0.15, -0.1) is 0 Å². The lowest BCUT2D eigenvalue weighted by Crippen LogP contribution is -2.18. The van der Waals surface area contributed by atoms with Gasteiger partial charge in [0.05, 0.1) is 11.9 Å². The largest absolute Gasteiger partial charge is 0.334 e. The fourth-order valence-electron chi connectivity index (χ4n) is 1.47. The van der Waals surface area contributed by atoms with Crippen LogP contribution in [0.5, 0.6) is 0 Å². The molecule has 0 bridgehead atoms. The van der Waals surface area contributed by atoms with Crippen LogP contribution in [0.2, 0.25) is 0 Å². The molecule has 2 aromatic rings. The van der Waals surface area contributed by atoms with E-state index in [-0.39, 0.29) is 6.04 Å². The Morgan fingerprint density at radius 1 is 1.33 bits per heavy atom. The molecular weight excluding hydrogens is 190 g/mol. The molecule has 0 saturated heterocycles. The number of rotatable bonds is 3. The van der Waals surface area contributed by atoms with Crippen LogP contribution in [0.15, 0.2) is 31.0 Å². The summed E-state index contributed by atoms with van der Waals surface area (Å²) in [6.45, 7) is 2.90. The highest BCUT2D eigenvalue weighted by molar-refractivity contribution is 5.14. The van der Waals surface area contributed by atoms with E-state index in [2.05, 4.69) is 21.9 Å². The van der Waals surface area contributed by atoms with Crippen LogP contribution in [-0.2, 0) is 6.54 Å². The zero-order chi connectivity index (χ0) is 10.7. The van der Waals surface area contributed by atoms with Crippen LogP contribution in [0.4, 0.5) is 0 Å². The lowest BCUT2D eigenvalue weighted by molar-refractivity contribution is 0.645. The van der Waals surface area contributed by atoms with Crippen molar-refractivity contribution in [3.05, 3.63) is 42.5 Å². The average molecular weight is 203 g/mol. The smallest absolute Gasteiger partial charge is 0.131 e. The summed E-state index contributed by atoms with van der Waals surface area (Å²) in [6.07, 6.45) is 8.58. The summed E-state index contributed by atoms with van der Waals surface area (Å²) in [5.41, 5.74) is 6.79. The monoisotopic (exact) mass is 203 g/mol. The van der Waals surface area contributed by atoms with Crippen LogP contribution >= 0.6 is 0 Å². The van der Waals surface area contributed by atoms with Gasteiger partial charge in [-0.25, -0.2) is 4.98 Å². The molecule has 0 radical (unpaired) electrons. The van der Waals surface area contributed by atoms with E-state index in [0.29, 0.717) is 0 Å². The third kappa shape index (κ3) is 1.87. The third-order valence-electron chi connectivity index (χ3n) is 2.27. The number of aryl methyl sites for hydroxylation is 1. The minimum Gasteiger partial charge on any atom is -0.334 e. The zero-order valence-electron chi connectivity index (χ0n) is 8.54. The molecule has 5 heteroatoms. The van der Waals surface area contributed by atoms with Gasteiger partial charge in [-0.2, -0.15) is 0 Å². The first-order valence-electron chi connectivity index (χ1n) is 4.85. The molecule has 2 aromatic heterocycles. The fraction of sp³-hybridized carbons (Fsp3) is 0.300. The Kier molecular flexibility index (Phi) is 2.73. The predicted molar refractivity (Wildman–Crippen MR) is 56.0 cm³/mol. The van der Waals surface area contributed by atoms with Gasteiger partial charge in [0.1, 0.15) is 11.9 Å². The molecule has 5 nitrogen and oxygen atoms in total. The second-order valence-electron chi connectivity index (χ2n) is 3.18. The highest BCUT2D eigenvalue weighted by atomic mass is 15.1. The van der Waals surface area contributed by atoms with Crippen LogP contribution in [0.25, 0.3) is 0 Å². The van der Waals surface area contributed by atoms with Gasteiger partial charge < -0.3 is 10.3 Å². The van der Waals surface area contributed by atoms with Crippen molar-refractivity contribution in [2.75, 3.05) is 0 Å². The van der Waals surface area contributed by atoms with Crippen molar-refractivity contribution in [3.63, 3.8) is 0 Å². The maximum atomic E-state index is 6.05. The van der Waals surface area contributed by atoms with Gasteiger partial charge >= 0.3 is 0 Å². The summed E-state index contributed by atoms with van der Waals surface area (Å²) in [5.74, 6) is 0.818. The van der Waals surface area contributed by atoms with E-state index >= 15 is 0 Å². The highest BCUT2D eigenvalue weighted by Gasteiger charge is 2.14. The molecule has 2 heterocycles. The zero-order valence-corrected chi connectivity index (χ0v) is 8.54. The molecule has 1 atom stereocenters. The Balaban J connectivity index is 2.32. The standard InChI is InChI=1S/C10H13N5/c1-2-15-6-5-14-10(15)9(11)8-7-12-3-4-13-8/h3-7,9H,2,11H2,1H3. The van der Waals surface area contributed by atoms with E-state index < -0.39 is 0 Å². The molecule has 2 rings (SSSR count). The molecule has 0 aliphatic heterocycles. The average Bonchev–Trinajstić information content (AvgIpc) is 2.77. The second kappa shape index (κ2) is 4.18. The van der Waals surface area contributed by atoms with E-state index in [1.807, 2.05) is 10.8 Å². The Morgan fingerprint density at radius 3 is 2.87 bits per heavy atom. The maximum absolute atomic E-state index is 6.05. The summed E-state index contributed by atoms with van der Waals surface area (Å²) in [4.78, 5) is 12.4. The van der Waals surface area contributed by atoms with Crippen molar-refractivity contribution in [3.8, 4) is 0 Å². The Hall–Kier alpha value is -1.75. The van der Waals surface area contributed by atoms with Crippen LogP contribution in [0, 0.1) is 0 Å². The molecular formula is C10H13N5. The first-order valence-corrected chi connectivity index (χ1v) is 4.85. The van der Waals surface area contributed by atoms with Crippen molar-refractivity contribution in [2.24, 2.45) is 5.73 Å². The highest BCUT2D eigenvalue weighted by Crippen LogP contribution is 2.14. The molecule has 78 valence electrons. The van der Waals surface area contributed by atoms with Crippen molar-refractivity contribution >= 4 is 0 Å². The van der Waals surface area contributed by atoms with Gasteiger partial charge in [0, 0.05) is 31.3 Å². The minimum absolute atomic E-state index is 0.311. The number of hydrogen-bond acceptors (Lipinski definition) is 4. The summed E-state index contributed by atoms with van der Waals surface area (Å²) in [6, 6.07) is -0.311. The van der Waals surface area contributed by atoms with Gasteiger partial charge in [0.25, 0.3) is 0 Å². The van der Waals surface area contributed by atoms with Gasteiger partial charge in [0.2, 0.25) is 0 Å².